The first-order chi connectivity index (χ1) is 8.00. The maximum absolute atomic E-state index is 9.70. The summed E-state index contributed by atoms with van der Waals surface area (Å²) in [6, 6.07) is 11.7. The normalized spacial score (nSPS) is 12.0. The molecular formula is C13H17NO2Si. The number of benzene rings is 2. The molecule has 0 heterocycles. The number of hydrogen-bond acceptors (Lipinski definition) is 3. The van der Waals surface area contributed by atoms with Gasteiger partial charge in [-0.15, -0.1) is 0 Å². The molecule has 0 fully saturated rings. The van der Waals surface area contributed by atoms with Crippen molar-refractivity contribution >= 4 is 24.5 Å². The van der Waals surface area contributed by atoms with Crippen LogP contribution in [0.2, 0.25) is 6.55 Å². The number of nitrogens with two attached hydrogens (primary N) is 1. The van der Waals surface area contributed by atoms with Crippen LogP contribution in [0, 0.1) is 0 Å². The van der Waals surface area contributed by atoms with Gasteiger partial charge in [-0.05, 0) is 41.0 Å². The van der Waals surface area contributed by atoms with Crippen LogP contribution in [0.5, 0.6) is 0 Å². The molecule has 90 valence electrons. The third kappa shape index (κ3) is 2.73. The smallest absolute Gasteiger partial charge is 0.363 e. The van der Waals surface area contributed by atoms with Crippen molar-refractivity contribution in [2.45, 2.75) is 13.0 Å². The Bertz CT molecular complexity index is 534. The van der Waals surface area contributed by atoms with Crippen molar-refractivity contribution in [1.82, 2.24) is 0 Å². The molecule has 0 spiro atoms. The predicted molar refractivity (Wildman–Crippen MR) is 72.4 cm³/mol. The van der Waals surface area contributed by atoms with E-state index < -0.39 is 8.56 Å². The summed E-state index contributed by atoms with van der Waals surface area (Å²) >= 11 is 0. The van der Waals surface area contributed by atoms with E-state index in [4.69, 9.17) is 5.73 Å². The Labute approximate surface area is 102 Å². The van der Waals surface area contributed by atoms with Crippen molar-refractivity contribution in [1.29, 1.82) is 0 Å². The molecule has 0 saturated carbocycles. The van der Waals surface area contributed by atoms with Gasteiger partial charge < -0.3 is 15.3 Å². The molecule has 0 aliphatic carbocycles. The minimum Gasteiger partial charge on any atom is -0.408 e. The zero-order valence-electron chi connectivity index (χ0n) is 9.85. The molecule has 2 aromatic carbocycles. The van der Waals surface area contributed by atoms with Crippen LogP contribution in [0.4, 0.5) is 0 Å². The van der Waals surface area contributed by atoms with Gasteiger partial charge in [-0.25, -0.2) is 0 Å². The minimum atomic E-state index is -3.21. The highest BCUT2D eigenvalue weighted by Crippen LogP contribution is 2.16. The van der Waals surface area contributed by atoms with E-state index in [2.05, 4.69) is 12.1 Å². The summed E-state index contributed by atoms with van der Waals surface area (Å²) in [6.07, 6.45) is 0.840. The SMILES string of the molecule is C[Si](O)(O)c1ccc2ccc(CCN)cc2c1. The Balaban J connectivity index is 2.51. The van der Waals surface area contributed by atoms with Crippen molar-refractivity contribution in [2.75, 3.05) is 6.54 Å². The highest BCUT2D eigenvalue weighted by molar-refractivity contribution is 6.77. The average molecular weight is 247 g/mol. The lowest BCUT2D eigenvalue weighted by Gasteiger charge is -2.13. The van der Waals surface area contributed by atoms with E-state index in [1.165, 1.54) is 12.1 Å². The fraction of sp³-hybridized carbons (Fsp3) is 0.231. The maximum Gasteiger partial charge on any atom is 0.363 e. The van der Waals surface area contributed by atoms with Crippen LogP contribution in [0.15, 0.2) is 36.4 Å². The third-order valence-electron chi connectivity index (χ3n) is 2.88. The maximum atomic E-state index is 9.70. The molecule has 0 bridgehead atoms. The van der Waals surface area contributed by atoms with Crippen molar-refractivity contribution < 1.29 is 9.59 Å². The van der Waals surface area contributed by atoms with Gasteiger partial charge in [-0.3, -0.25) is 0 Å². The highest BCUT2D eigenvalue weighted by Gasteiger charge is 2.24. The highest BCUT2D eigenvalue weighted by atomic mass is 28.4. The van der Waals surface area contributed by atoms with Crippen molar-refractivity contribution in [3.63, 3.8) is 0 Å². The molecule has 0 saturated heterocycles. The van der Waals surface area contributed by atoms with Crippen LogP contribution in [-0.4, -0.2) is 24.7 Å². The zero-order chi connectivity index (χ0) is 12.5. The Kier molecular flexibility index (Phi) is 3.30. The Morgan fingerprint density at radius 3 is 2.41 bits per heavy atom. The van der Waals surface area contributed by atoms with E-state index in [-0.39, 0.29) is 0 Å². The van der Waals surface area contributed by atoms with Crippen molar-refractivity contribution in [3.05, 3.63) is 42.0 Å². The molecule has 3 nitrogen and oxygen atoms in total. The van der Waals surface area contributed by atoms with Crippen molar-refractivity contribution in [3.8, 4) is 0 Å². The van der Waals surface area contributed by atoms with Gasteiger partial charge in [0.1, 0.15) is 0 Å². The first-order valence-electron chi connectivity index (χ1n) is 5.69. The lowest BCUT2D eigenvalue weighted by Crippen LogP contribution is -2.44. The average Bonchev–Trinajstić information content (AvgIpc) is 2.27. The lowest BCUT2D eigenvalue weighted by atomic mass is 10.1. The fourth-order valence-corrected chi connectivity index (χ4v) is 2.74. The van der Waals surface area contributed by atoms with E-state index in [1.807, 2.05) is 18.2 Å². The van der Waals surface area contributed by atoms with Gasteiger partial charge in [0.2, 0.25) is 0 Å². The van der Waals surface area contributed by atoms with Gasteiger partial charge in [-0.2, -0.15) is 0 Å². The summed E-state index contributed by atoms with van der Waals surface area (Å²) < 4.78 is 0. The van der Waals surface area contributed by atoms with Gasteiger partial charge in [0, 0.05) is 0 Å². The Morgan fingerprint density at radius 2 is 1.76 bits per heavy atom. The van der Waals surface area contributed by atoms with Crippen LogP contribution in [0.3, 0.4) is 0 Å². The number of fused-ring (bicyclic) bond motifs is 1. The molecule has 2 rings (SSSR count). The van der Waals surface area contributed by atoms with Crippen molar-refractivity contribution in [2.24, 2.45) is 5.73 Å². The van der Waals surface area contributed by atoms with Crippen LogP contribution >= 0.6 is 0 Å². The Hall–Kier alpha value is -1.20. The minimum absolute atomic E-state index is 0.623. The molecule has 17 heavy (non-hydrogen) atoms. The molecule has 0 aliphatic heterocycles. The molecular weight excluding hydrogens is 230 g/mol. The second-order valence-electron chi connectivity index (χ2n) is 4.46. The van der Waals surface area contributed by atoms with Crippen LogP contribution in [0.1, 0.15) is 5.56 Å². The number of rotatable bonds is 3. The summed E-state index contributed by atoms with van der Waals surface area (Å²) in [6.45, 7) is 2.12. The van der Waals surface area contributed by atoms with Gasteiger partial charge >= 0.3 is 8.56 Å². The Morgan fingerprint density at radius 1 is 1.06 bits per heavy atom. The van der Waals surface area contributed by atoms with E-state index in [9.17, 15) is 9.59 Å². The van der Waals surface area contributed by atoms with Gasteiger partial charge in [-0.1, -0.05) is 36.4 Å². The molecule has 0 aromatic heterocycles. The molecule has 0 unspecified atom stereocenters. The lowest BCUT2D eigenvalue weighted by molar-refractivity contribution is 0.392. The van der Waals surface area contributed by atoms with E-state index in [1.54, 1.807) is 6.07 Å². The quantitative estimate of drug-likeness (QED) is 0.696. The van der Waals surface area contributed by atoms with Crippen LogP contribution in [-0.2, 0) is 6.42 Å². The molecule has 0 amide bonds. The number of hydrogen-bond donors (Lipinski definition) is 3. The molecule has 4 N–H and O–H groups in total. The molecule has 0 atom stereocenters. The largest absolute Gasteiger partial charge is 0.408 e. The zero-order valence-corrected chi connectivity index (χ0v) is 10.9. The summed E-state index contributed by atoms with van der Waals surface area (Å²) in [5.41, 5.74) is 6.71. The summed E-state index contributed by atoms with van der Waals surface area (Å²) in [7, 11) is -3.21. The standard InChI is InChI=1S/C13H17NO2Si/c1-17(15,16)13-5-4-11-3-2-10(6-7-14)8-12(11)9-13/h2-5,8-9,15-16H,6-7,14H2,1H3. The molecule has 0 radical (unpaired) electrons. The van der Waals surface area contributed by atoms with Crippen LogP contribution < -0.4 is 10.9 Å². The van der Waals surface area contributed by atoms with E-state index in [0.717, 1.165) is 17.2 Å². The third-order valence-corrected chi connectivity index (χ3v) is 4.29. The van der Waals surface area contributed by atoms with Gasteiger partial charge in [0.05, 0.1) is 0 Å². The van der Waals surface area contributed by atoms with Gasteiger partial charge in [0.15, 0.2) is 0 Å². The second kappa shape index (κ2) is 4.58. The first-order valence-corrected chi connectivity index (χ1v) is 8.08. The molecule has 2 aromatic rings. The monoisotopic (exact) mass is 247 g/mol. The summed E-state index contributed by atoms with van der Waals surface area (Å²) in [4.78, 5) is 19.4. The van der Waals surface area contributed by atoms with Gasteiger partial charge in [0.25, 0.3) is 0 Å². The van der Waals surface area contributed by atoms with E-state index >= 15 is 0 Å². The fourth-order valence-electron chi connectivity index (χ4n) is 1.91. The second-order valence-corrected chi connectivity index (χ2v) is 7.07. The topological polar surface area (TPSA) is 66.5 Å². The van der Waals surface area contributed by atoms with Crippen LogP contribution in [0.25, 0.3) is 10.8 Å². The molecule has 0 aliphatic rings. The summed E-state index contributed by atoms with van der Waals surface area (Å²) in [5.74, 6) is 0. The summed E-state index contributed by atoms with van der Waals surface area (Å²) in [5, 5.41) is 2.78. The first kappa shape index (κ1) is 12.3. The predicted octanol–water partition coefficient (Wildman–Crippen LogP) is 0.605. The van der Waals surface area contributed by atoms with E-state index in [0.29, 0.717) is 11.7 Å². The molecule has 4 heteroatoms.